The van der Waals surface area contributed by atoms with Crippen molar-refractivity contribution >= 4 is 5.78 Å². The molecule has 0 aliphatic carbocycles. The van der Waals surface area contributed by atoms with Gasteiger partial charge in [-0.05, 0) is 23.1 Å². The van der Waals surface area contributed by atoms with Crippen molar-refractivity contribution in [2.75, 3.05) is 0 Å². The number of carbonyl (C=O) groups is 1. The minimum absolute atomic E-state index is 0.00114. The highest BCUT2D eigenvalue weighted by Gasteiger charge is 2.45. The van der Waals surface area contributed by atoms with Crippen molar-refractivity contribution in [3.05, 3.63) is 108 Å². The molecule has 0 saturated carbocycles. The standard InChI is InChI=1S/C24H22F3NO/c25-24(26,27)23(29)22(16-19-10-4-1-5-11-19)28(17-20-12-6-2-7-13-20)18-21-14-8-3-9-15-21/h1-15,22H,16-18H2. The Morgan fingerprint density at radius 1 is 0.690 bits per heavy atom. The maximum Gasteiger partial charge on any atom is 0.451 e. The molecule has 0 saturated heterocycles. The Morgan fingerprint density at radius 3 is 1.45 bits per heavy atom. The van der Waals surface area contributed by atoms with Crippen molar-refractivity contribution in [3.8, 4) is 0 Å². The van der Waals surface area contributed by atoms with Crippen LogP contribution in [0.5, 0.6) is 0 Å². The molecule has 0 fully saturated rings. The number of hydrogen-bond acceptors (Lipinski definition) is 2. The summed E-state index contributed by atoms with van der Waals surface area (Å²) in [5.74, 6) is -1.71. The highest BCUT2D eigenvalue weighted by molar-refractivity contribution is 5.89. The number of carbonyl (C=O) groups excluding carboxylic acids is 1. The molecule has 0 spiro atoms. The molecule has 29 heavy (non-hydrogen) atoms. The largest absolute Gasteiger partial charge is 0.451 e. The summed E-state index contributed by atoms with van der Waals surface area (Å²) >= 11 is 0. The van der Waals surface area contributed by atoms with Gasteiger partial charge in [-0.25, -0.2) is 0 Å². The summed E-state index contributed by atoms with van der Waals surface area (Å²) < 4.78 is 40.4. The fraction of sp³-hybridized carbons (Fsp3) is 0.208. The number of alkyl halides is 3. The lowest BCUT2D eigenvalue weighted by Gasteiger charge is -2.31. The van der Waals surface area contributed by atoms with Crippen molar-refractivity contribution in [1.29, 1.82) is 0 Å². The van der Waals surface area contributed by atoms with Crippen LogP contribution in [0.15, 0.2) is 91.0 Å². The van der Waals surface area contributed by atoms with Crippen molar-refractivity contribution < 1.29 is 18.0 Å². The van der Waals surface area contributed by atoms with Crippen molar-refractivity contribution in [2.24, 2.45) is 0 Å². The molecule has 0 N–H and O–H groups in total. The number of halogens is 3. The van der Waals surface area contributed by atoms with Gasteiger partial charge in [0, 0.05) is 13.1 Å². The van der Waals surface area contributed by atoms with E-state index in [1.165, 1.54) is 0 Å². The molecule has 3 aromatic rings. The molecule has 3 rings (SSSR count). The van der Waals surface area contributed by atoms with Crippen molar-refractivity contribution in [2.45, 2.75) is 31.7 Å². The van der Waals surface area contributed by atoms with Crippen LogP contribution >= 0.6 is 0 Å². The van der Waals surface area contributed by atoms with Gasteiger partial charge in [-0.2, -0.15) is 13.2 Å². The summed E-state index contributed by atoms with van der Waals surface area (Å²) in [7, 11) is 0. The Morgan fingerprint density at radius 2 is 1.07 bits per heavy atom. The highest BCUT2D eigenvalue weighted by atomic mass is 19.4. The van der Waals surface area contributed by atoms with Crippen LogP contribution in [0.4, 0.5) is 13.2 Å². The molecule has 0 aliphatic rings. The number of hydrogen-bond donors (Lipinski definition) is 0. The Kier molecular flexibility index (Phi) is 6.83. The van der Waals surface area contributed by atoms with Gasteiger partial charge in [0.15, 0.2) is 0 Å². The number of nitrogens with zero attached hydrogens (tertiary/aromatic N) is 1. The van der Waals surface area contributed by atoms with E-state index in [0.717, 1.165) is 11.1 Å². The van der Waals surface area contributed by atoms with Crippen LogP contribution in [-0.4, -0.2) is 22.9 Å². The van der Waals surface area contributed by atoms with E-state index in [4.69, 9.17) is 0 Å². The molecule has 3 aromatic carbocycles. The van der Waals surface area contributed by atoms with E-state index in [1.807, 2.05) is 60.7 Å². The Bertz CT molecular complexity index is 854. The monoisotopic (exact) mass is 397 g/mol. The fourth-order valence-corrected chi connectivity index (χ4v) is 3.33. The van der Waals surface area contributed by atoms with Gasteiger partial charge in [0.1, 0.15) is 0 Å². The number of Topliss-reactive ketones (excluding diaryl/α,β-unsaturated/α-hetero) is 1. The van der Waals surface area contributed by atoms with Gasteiger partial charge in [-0.1, -0.05) is 91.0 Å². The molecule has 1 unspecified atom stereocenters. The minimum atomic E-state index is -4.90. The van der Waals surface area contributed by atoms with Gasteiger partial charge < -0.3 is 0 Å². The number of benzene rings is 3. The predicted octanol–water partition coefficient (Wildman–Crippen LogP) is 5.43. The number of rotatable bonds is 8. The second kappa shape index (κ2) is 9.52. The van der Waals surface area contributed by atoms with Gasteiger partial charge in [0.05, 0.1) is 6.04 Å². The summed E-state index contributed by atoms with van der Waals surface area (Å²) in [5, 5.41) is 0. The third-order valence-electron chi connectivity index (χ3n) is 4.75. The first-order valence-corrected chi connectivity index (χ1v) is 9.40. The Balaban J connectivity index is 1.96. The third kappa shape index (κ3) is 6.03. The zero-order valence-electron chi connectivity index (χ0n) is 15.8. The fourth-order valence-electron chi connectivity index (χ4n) is 3.33. The molecule has 0 bridgehead atoms. The second-order valence-corrected chi connectivity index (χ2v) is 6.94. The quantitative estimate of drug-likeness (QED) is 0.505. The molecule has 0 heterocycles. The van der Waals surface area contributed by atoms with E-state index in [0.29, 0.717) is 5.56 Å². The van der Waals surface area contributed by atoms with Crippen LogP contribution in [0, 0.1) is 0 Å². The highest BCUT2D eigenvalue weighted by Crippen LogP contribution is 2.25. The molecule has 1 atom stereocenters. The Hall–Kier alpha value is -2.92. The van der Waals surface area contributed by atoms with E-state index < -0.39 is 18.0 Å². The maximum atomic E-state index is 13.5. The molecule has 5 heteroatoms. The summed E-state index contributed by atoms with van der Waals surface area (Å²) in [6.45, 7) is 0.490. The summed E-state index contributed by atoms with van der Waals surface area (Å²) in [4.78, 5) is 14.0. The normalized spacial score (nSPS) is 12.7. The summed E-state index contributed by atoms with van der Waals surface area (Å²) in [5.41, 5.74) is 2.41. The first-order chi connectivity index (χ1) is 13.9. The average Bonchev–Trinajstić information content (AvgIpc) is 2.73. The van der Waals surface area contributed by atoms with Gasteiger partial charge in [-0.3, -0.25) is 9.69 Å². The smallest absolute Gasteiger partial charge is 0.288 e. The van der Waals surface area contributed by atoms with E-state index in [-0.39, 0.29) is 19.5 Å². The van der Waals surface area contributed by atoms with Crippen LogP contribution in [-0.2, 0) is 24.3 Å². The van der Waals surface area contributed by atoms with Crippen LogP contribution < -0.4 is 0 Å². The second-order valence-electron chi connectivity index (χ2n) is 6.94. The topological polar surface area (TPSA) is 20.3 Å². The molecule has 2 nitrogen and oxygen atoms in total. The zero-order chi connectivity index (χ0) is 20.7. The Labute approximate surface area is 168 Å². The van der Waals surface area contributed by atoms with Crippen molar-refractivity contribution in [3.63, 3.8) is 0 Å². The van der Waals surface area contributed by atoms with Crippen LogP contribution in [0.1, 0.15) is 16.7 Å². The summed E-state index contributed by atoms with van der Waals surface area (Å²) in [6.07, 6.45) is -4.90. The molecule has 0 aromatic heterocycles. The average molecular weight is 397 g/mol. The lowest BCUT2D eigenvalue weighted by molar-refractivity contribution is -0.177. The van der Waals surface area contributed by atoms with Crippen LogP contribution in [0.3, 0.4) is 0 Å². The van der Waals surface area contributed by atoms with Gasteiger partial charge in [0.2, 0.25) is 0 Å². The summed E-state index contributed by atoms with van der Waals surface area (Å²) in [6, 6.07) is 26.0. The molecular formula is C24H22F3NO. The number of ketones is 1. The van der Waals surface area contributed by atoms with E-state index in [2.05, 4.69) is 0 Å². The molecule has 150 valence electrons. The third-order valence-corrected chi connectivity index (χ3v) is 4.75. The molecule has 0 radical (unpaired) electrons. The van der Waals surface area contributed by atoms with E-state index >= 15 is 0 Å². The minimum Gasteiger partial charge on any atom is -0.288 e. The van der Waals surface area contributed by atoms with Gasteiger partial charge >= 0.3 is 6.18 Å². The molecule has 0 amide bonds. The van der Waals surface area contributed by atoms with Crippen LogP contribution in [0.2, 0.25) is 0 Å². The molecule has 0 aliphatic heterocycles. The lowest BCUT2D eigenvalue weighted by atomic mass is 9.98. The maximum absolute atomic E-state index is 13.5. The van der Waals surface area contributed by atoms with Crippen molar-refractivity contribution in [1.82, 2.24) is 4.90 Å². The molecular weight excluding hydrogens is 375 g/mol. The van der Waals surface area contributed by atoms with Gasteiger partial charge in [0.25, 0.3) is 5.78 Å². The van der Waals surface area contributed by atoms with Crippen LogP contribution in [0.25, 0.3) is 0 Å². The first kappa shape index (κ1) is 20.8. The first-order valence-electron chi connectivity index (χ1n) is 9.40. The van der Waals surface area contributed by atoms with E-state index in [1.54, 1.807) is 35.2 Å². The van der Waals surface area contributed by atoms with Gasteiger partial charge in [-0.15, -0.1) is 0 Å². The zero-order valence-corrected chi connectivity index (χ0v) is 15.8. The van der Waals surface area contributed by atoms with E-state index in [9.17, 15) is 18.0 Å². The SMILES string of the molecule is O=C(C(Cc1ccccc1)N(Cc1ccccc1)Cc1ccccc1)C(F)(F)F. The predicted molar refractivity (Wildman–Crippen MR) is 107 cm³/mol. The lowest BCUT2D eigenvalue weighted by Crippen LogP contribution is -2.47.